The Morgan fingerprint density at radius 3 is 2.74 bits per heavy atom. The van der Waals surface area contributed by atoms with E-state index in [0.717, 1.165) is 12.8 Å². The van der Waals surface area contributed by atoms with Gasteiger partial charge in [-0.1, -0.05) is 11.6 Å². The normalized spacial score (nSPS) is 19.2. The Bertz CT molecular complexity index is 461. The monoisotopic (exact) mass is 281 g/mol. The van der Waals surface area contributed by atoms with Crippen LogP contribution in [0, 0.1) is 0 Å². The Kier molecular flexibility index (Phi) is 4.63. The van der Waals surface area contributed by atoms with Gasteiger partial charge in [0.05, 0.1) is 0 Å². The van der Waals surface area contributed by atoms with Crippen LogP contribution in [0.3, 0.4) is 0 Å². The zero-order valence-corrected chi connectivity index (χ0v) is 11.2. The van der Waals surface area contributed by atoms with Crippen molar-refractivity contribution in [1.29, 1.82) is 0 Å². The van der Waals surface area contributed by atoms with Gasteiger partial charge < -0.3 is 16.0 Å². The van der Waals surface area contributed by atoms with Crippen LogP contribution in [0.25, 0.3) is 0 Å². The third-order valence-corrected chi connectivity index (χ3v) is 3.19. The molecule has 0 aromatic heterocycles. The number of carbonyl (C=O) groups is 2. The lowest BCUT2D eigenvalue weighted by Gasteiger charge is -2.15. The first-order chi connectivity index (χ1) is 9.15. The molecule has 0 bridgehead atoms. The Labute approximate surface area is 116 Å². The summed E-state index contributed by atoms with van der Waals surface area (Å²) in [6.07, 6.45) is 2.53. The minimum Gasteiger partial charge on any atom is -0.354 e. The summed E-state index contributed by atoms with van der Waals surface area (Å²) in [5.41, 5.74) is 0.635. The van der Waals surface area contributed by atoms with Crippen molar-refractivity contribution in [3.8, 4) is 0 Å². The van der Waals surface area contributed by atoms with Crippen LogP contribution in [0.2, 0.25) is 5.02 Å². The molecule has 5 nitrogen and oxygen atoms in total. The largest absolute Gasteiger partial charge is 0.354 e. The molecule has 19 heavy (non-hydrogen) atoms. The van der Waals surface area contributed by atoms with Crippen LogP contribution < -0.4 is 16.0 Å². The van der Waals surface area contributed by atoms with Crippen LogP contribution in [0.4, 0.5) is 10.5 Å². The highest BCUT2D eigenvalue weighted by Gasteiger charge is 2.22. The molecule has 0 spiro atoms. The summed E-state index contributed by atoms with van der Waals surface area (Å²) in [6.45, 7) is 0.676. The average molecular weight is 282 g/mol. The fourth-order valence-electron chi connectivity index (χ4n) is 1.94. The highest BCUT2D eigenvalue weighted by Crippen LogP contribution is 2.13. The Balaban J connectivity index is 1.89. The number of anilines is 1. The second-order valence-corrected chi connectivity index (χ2v) is 4.88. The zero-order chi connectivity index (χ0) is 13.7. The van der Waals surface area contributed by atoms with Crippen LogP contribution in [0.15, 0.2) is 24.3 Å². The molecule has 1 saturated heterocycles. The van der Waals surface area contributed by atoms with Crippen LogP contribution in [-0.2, 0) is 4.79 Å². The molecule has 1 heterocycles. The first kappa shape index (κ1) is 13.7. The van der Waals surface area contributed by atoms with Gasteiger partial charge >= 0.3 is 6.03 Å². The molecule has 0 radical (unpaired) electrons. The van der Waals surface area contributed by atoms with Gasteiger partial charge in [0, 0.05) is 17.3 Å². The lowest BCUT2D eigenvalue weighted by Crippen LogP contribution is -2.46. The van der Waals surface area contributed by atoms with Gasteiger partial charge in [-0.15, -0.1) is 0 Å². The zero-order valence-electron chi connectivity index (χ0n) is 10.4. The van der Waals surface area contributed by atoms with Gasteiger partial charge in [0.25, 0.3) is 0 Å². The predicted molar refractivity (Wildman–Crippen MR) is 74.3 cm³/mol. The highest BCUT2D eigenvalue weighted by atomic mass is 35.5. The van der Waals surface area contributed by atoms with Crippen molar-refractivity contribution in [3.63, 3.8) is 0 Å². The maximum atomic E-state index is 11.8. The molecule has 0 unspecified atom stereocenters. The van der Waals surface area contributed by atoms with Gasteiger partial charge in [-0.25, -0.2) is 4.79 Å². The summed E-state index contributed by atoms with van der Waals surface area (Å²) in [4.78, 5) is 23.5. The summed E-state index contributed by atoms with van der Waals surface area (Å²) in [7, 11) is 0. The fraction of sp³-hybridized carbons (Fsp3) is 0.385. The lowest BCUT2D eigenvalue weighted by atomic mass is 10.1. The second-order valence-electron chi connectivity index (χ2n) is 4.44. The van der Waals surface area contributed by atoms with Gasteiger partial charge in [-0.05, 0) is 43.5 Å². The number of benzene rings is 1. The van der Waals surface area contributed by atoms with Crippen molar-refractivity contribution in [1.82, 2.24) is 10.6 Å². The van der Waals surface area contributed by atoms with Crippen LogP contribution >= 0.6 is 11.6 Å². The molecule has 1 fully saturated rings. The fourth-order valence-corrected chi connectivity index (χ4v) is 2.06. The number of rotatable bonds is 2. The van der Waals surface area contributed by atoms with Gasteiger partial charge in [-0.3, -0.25) is 4.79 Å². The Morgan fingerprint density at radius 2 is 2.00 bits per heavy atom. The van der Waals surface area contributed by atoms with Gasteiger partial charge in [-0.2, -0.15) is 0 Å². The number of hydrogen-bond acceptors (Lipinski definition) is 2. The maximum absolute atomic E-state index is 11.8. The van der Waals surface area contributed by atoms with Crippen molar-refractivity contribution in [2.24, 2.45) is 0 Å². The molecule has 1 aliphatic heterocycles. The summed E-state index contributed by atoms with van der Waals surface area (Å²) in [5, 5.41) is 8.72. The van der Waals surface area contributed by atoms with Gasteiger partial charge in [0.2, 0.25) is 5.91 Å². The summed E-state index contributed by atoms with van der Waals surface area (Å²) in [6, 6.07) is 5.94. The molecule has 1 aromatic rings. The molecule has 0 aliphatic carbocycles. The minimum atomic E-state index is -0.463. The third-order valence-electron chi connectivity index (χ3n) is 2.94. The Morgan fingerprint density at radius 1 is 1.26 bits per heavy atom. The molecule has 3 N–H and O–H groups in total. The first-order valence-corrected chi connectivity index (χ1v) is 6.64. The van der Waals surface area contributed by atoms with Crippen molar-refractivity contribution in [2.45, 2.75) is 25.3 Å². The van der Waals surface area contributed by atoms with Crippen LogP contribution in [0.5, 0.6) is 0 Å². The van der Waals surface area contributed by atoms with Gasteiger partial charge in [0.15, 0.2) is 0 Å². The summed E-state index contributed by atoms with van der Waals surface area (Å²) in [5.74, 6) is -0.122. The second kappa shape index (κ2) is 6.43. The van der Waals surface area contributed by atoms with E-state index in [4.69, 9.17) is 11.6 Å². The molecular weight excluding hydrogens is 266 g/mol. The molecule has 1 aliphatic rings. The van der Waals surface area contributed by atoms with E-state index < -0.39 is 6.04 Å². The van der Waals surface area contributed by atoms with Crippen molar-refractivity contribution in [2.75, 3.05) is 11.9 Å². The van der Waals surface area contributed by atoms with Crippen molar-refractivity contribution in [3.05, 3.63) is 29.3 Å². The SMILES string of the molecule is O=C(Nc1ccc(Cl)cc1)N[C@@H]1CCCCNC1=O. The maximum Gasteiger partial charge on any atom is 0.319 e. The van der Waals surface area contributed by atoms with E-state index in [1.54, 1.807) is 24.3 Å². The molecule has 1 atom stereocenters. The number of carbonyl (C=O) groups excluding carboxylic acids is 2. The van der Waals surface area contributed by atoms with E-state index >= 15 is 0 Å². The van der Waals surface area contributed by atoms with E-state index in [9.17, 15) is 9.59 Å². The standard InChI is InChI=1S/C13H16ClN3O2/c14-9-4-6-10(7-5-9)16-13(19)17-11-3-1-2-8-15-12(11)18/h4-7,11H,1-3,8H2,(H,15,18)(H2,16,17,19)/t11-/m1/s1. The molecule has 1 aromatic carbocycles. The van der Waals surface area contributed by atoms with E-state index in [1.165, 1.54) is 0 Å². The van der Waals surface area contributed by atoms with Crippen molar-refractivity contribution >= 4 is 29.2 Å². The van der Waals surface area contributed by atoms with Crippen LogP contribution in [-0.4, -0.2) is 24.5 Å². The summed E-state index contributed by atoms with van der Waals surface area (Å²) >= 11 is 5.76. The first-order valence-electron chi connectivity index (χ1n) is 6.26. The smallest absolute Gasteiger partial charge is 0.319 e. The number of nitrogens with one attached hydrogen (secondary N) is 3. The number of halogens is 1. The average Bonchev–Trinajstić information content (AvgIpc) is 2.58. The molecule has 2 rings (SSSR count). The van der Waals surface area contributed by atoms with Crippen molar-refractivity contribution < 1.29 is 9.59 Å². The minimum absolute atomic E-state index is 0.122. The molecular formula is C13H16ClN3O2. The highest BCUT2D eigenvalue weighted by molar-refractivity contribution is 6.30. The predicted octanol–water partition coefficient (Wildman–Crippen LogP) is 2.13. The van der Waals surface area contributed by atoms with E-state index in [1.807, 2.05) is 0 Å². The van der Waals surface area contributed by atoms with Crippen LogP contribution in [0.1, 0.15) is 19.3 Å². The van der Waals surface area contributed by atoms with E-state index in [0.29, 0.717) is 23.7 Å². The lowest BCUT2D eigenvalue weighted by molar-refractivity contribution is -0.122. The number of amides is 3. The summed E-state index contributed by atoms with van der Waals surface area (Å²) < 4.78 is 0. The molecule has 6 heteroatoms. The number of urea groups is 1. The van der Waals surface area contributed by atoms with E-state index in [-0.39, 0.29) is 11.9 Å². The van der Waals surface area contributed by atoms with Gasteiger partial charge in [0.1, 0.15) is 6.04 Å². The quantitative estimate of drug-likeness (QED) is 0.777. The third kappa shape index (κ3) is 4.13. The molecule has 102 valence electrons. The molecule has 3 amide bonds. The molecule has 0 saturated carbocycles. The number of hydrogen-bond donors (Lipinski definition) is 3. The van der Waals surface area contributed by atoms with E-state index in [2.05, 4.69) is 16.0 Å². The topological polar surface area (TPSA) is 70.2 Å². The Hall–Kier alpha value is -1.75.